The van der Waals surface area contributed by atoms with Crippen molar-refractivity contribution < 1.29 is 10.1 Å². The smallest absolute Gasteiger partial charge is 0.119 e. The molecule has 2 N–H and O–H groups in total. The molecule has 2 aromatic carbocycles. The molecular weight excluding hydrogens is 270 g/mol. The summed E-state index contributed by atoms with van der Waals surface area (Å²) < 4.78 is 5.84. The third kappa shape index (κ3) is 4.35. The Bertz CT molecular complexity index is 544. The molecule has 0 aliphatic heterocycles. The van der Waals surface area contributed by atoms with Crippen LogP contribution in [0.3, 0.4) is 0 Å². The molecule has 0 atom stereocenters. The Balaban J connectivity index is 1.39. The average molecular weight is 296 g/mol. The quantitative estimate of drug-likeness (QED) is 0.776. The summed E-state index contributed by atoms with van der Waals surface area (Å²) in [6.07, 6.45) is 6.78. The molecule has 0 radical (unpaired) electrons. The average Bonchev–Trinajstić information content (AvgIpc) is 3.09. The van der Waals surface area contributed by atoms with Gasteiger partial charge in [-0.25, -0.2) is 0 Å². The number of hydrogen-bond acceptors (Lipinski definition) is 1. The highest BCUT2D eigenvalue weighted by atomic mass is 16.5. The molecule has 0 amide bonds. The second-order valence-electron chi connectivity index (χ2n) is 6.16. The molecular formula is C20H26NO+. The SMILES string of the molecule is c1ccc(-c2ccc(OCCC[NH2+]C3CCCC3)cc2)cc1. The number of ether oxygens (including phenoxy) is 1. The van der Waals surface area contributed by atoms with E-state index in [1.807, 2.05) is 6.07 Å². The molecule has 1 aliphatic rings. The van der Waals surface area contributed by atoms with Crippen molar-refractivity contribution in [3.8, 4) is 16.9 Å². The van der Waals surface area contributed by atoms with Gasteiger partial charge in [-0.05, 0) is 48.9 Å². The largest absolute Gasteiger partial charge is 0.493 e. The lowest BCUT2D eigenvalue weighted by atomic mass is 10.1. The molecule has 0 aromatic heterocycles. The van der Waals surface area contributed by atoms with E-state index in [4.69, 9.17) is 4.74 Å². The Labute approximate surface area is 133 Å². The van der Waals surface area contributed by atoms with Crippen LogP contribution in [0.1, 0.15) is 32.1 Å². The van der Waals surface area contributed by atoms with E-state index in [9.17, 15) is 0 Å². The normalized spacial score (nSPS) is 15.1. The molecule has 1 fully saturated rings. The zero-order chi connectivity index (χ0) is 15.0. The molecule has 0 bridgehead atoms. The number of hydrogen-bond donors (Lipinski definition) is 1. The van der Waals surface area contributed by atoms with E-state index < -0.39 is 0 Å². The van der Waals surface area contributed by atoms with Crippen molar-refractivity contribution in [2.75, 3.05) is 13.2 Å². The van der Waals surface area contributed by atoms with E-state index in [1.165, 1.54) is 43.4 Å². The van der Waals surface area contributed by atoms with Gasteiger partial charge >= 0.3 is 0 Å². The maximum absolute atomic E-state index is 5.84. The number of nitrogens with two attached hydrogens (primary N) is 1. The van der Waals surface area contributed by atoms with Crippen molar-refractivity contribution in [1.29, 1.82) is 0 Å². The zero-order valence-electron chi connectivity index (χ0n) is 13.2. The first-order valence-corrected chi connectivity index (χ1v) is 8.53. The minimum absolute atomic E-state index is 0.813. The number of quaternary nitrogens is 1. The fraction of sp³-hybridized carbons (Fsp3) is 0.400. The van der Waals surface area contributed by atoms with Gasteiger partial charge in [0.05, 0.1) is 19.2 Å². The predicted octanol–water partition coefficient (Wildman–Crippen LogP) is 3.63. The summed E-state index contributed by atoms with van der Waals surface area (Å²) >= 11 is 0. The Hall–Kier alpha value is -1.80. The molecule has 0 unspecified atom stereocenters. The summed E-state index contributed by atoms with van der Waals surface area (Å²) in [7, 11) is 0. The summed E-state index contributed by atoms with van der Waals surface area (Å²) in [5.41, 5.74) is 2.49. The van der Waals surface area contributed by atoms with Crippen LogP contribution in [0.2, 0.25) is 0 Å². The molecule has 2 heteroatoms. The summed E-state index contributed by atoms with van der Waals surface area (Å²) in [5, 5.41) is 2.51. The van der Waals surface area contributed by atoms with E-state index >= 15 is 0 Å². The second-order valence-corrected chi connectivity index (χ2v) is 6.16. The Morgan fingerprint density at radius 1 is 0.864 bits per heavy atom. The summed E-state index contributed by atoms with van der Waals surface area (Å²) in [5.74, 6) is 0.973. The van der Waals surface area contributed by atoms with Crippen LogP contribution in [-0.2, 0) is 0 Å². The molecule has 0 saturated heterocycles. The van der Waals surface area contributed by atoms with Crippen molar-refractivity contribution >= 4 is 0 Å². The van der Waals surface area contributed by atoms with Gasteiger partial charge in [-0.15, -0.1) is 0 Å². The summed E-state index contributed by atoms with van der Waals surface area (Å²) in [4.78, 5) is 0. The Morgan fingerprint density at radius 2 is 1.55 bits per heavy atom. The fourth-order valence-corrected chi connectivity index (χ4v) is 3.19. The van der Waals surface area contributed by atoms with Crippen LogP contribution >= 0.6 is 0 Å². The first-order valence-electron chi connectivity index (χ1n) is 8.53. The van der Waals surface area contributed by atoms with Gasteiger partial charge in [-0.1, -0.05) is 42.5 Å². The standard InChI is InChI=1S/C20H25NO/c1-2-7-17(8-3-1)18-11-13-20(14-12-18)22-16-6-15-21-19-9-4-5-10-19/h1-3,7-8,11-14,19,21H,4-6,9-10,15-16H2/p+1. The lowest BCUT2D eigenvalue weighted by Crippen LogP contribution is -2.89. The van der Waals surface area contributed by atoms with Gasteiger partial charge in [0.25, 0.3) is 0 Å². The van der Waals surface area contributed by atoms with E-state index in [1.54, 1.807) is 0 Å². The third-order valence-electron chi connectivity index (χ3n) is 4.48. The van der Waals surface area contributed by atoms with Crippen LogP contribution in [0.25, 0.3) is 11.1 Å². The predicted molar refractivity (Wildman–Crippen MR) is 91.0 cm³/mol. The number of benzene rings is 2. The van der Waals surface area contributed by atoms with Gasteiger partial charge in [0.1, 0.15) is 5.75 Å². The van der Waals surface area contributed by atoms with Crippen LogP contribution in [0.5, 0.6) is 5.75 Å². The van der Waals surface area contributed by atoms with E-state index in [-0.39, 0.29) is 0 Å². The maximum atomic E-state index is 5.84. The van der Waals surface area contributed by atoms with Crippen molar-refractivity contribution in [2.24, 2.45) is 0 Å². The Morgan fingerprint density at radius 3 is 2.27 bits per heavy atom. The molecule has 0 heterocycles. The molecule has 2 aromatic rings. The second kappa shape index (κ2) is 8.00. The van der Waals surface area contributed by atoms with Crippen LogP contribution in [0.15, 0.2) is 54.6 Å². The van der Waals surface area contributed by atoms with Gasteiger partial charge in [0, 0.05) is 6.42 Å². The van der Waals surface area contributed by atoms with Crippen molar-refractivity contribution in [1.82, 2.24) is 0 Å². The van der Waals surface area contributed by atoms with Crippen LogP contribution in [-0.4, -0.2) is 19.2 Å². The monoisotopic (exact) mass is 296 g/mol. The Kier molecular flexibility index (Phi) is 5.49. The number of rotatable bonds is 7. The highest BCUT2D eigenvalue weighted by Gasteiger charge is 2.16. The summed E-state index contributed by atoms with van der Waals surface area (Å²) in [6, 6.07) is 19.7. The molecule has 116 valence electrons. The lowest BCUT2D eigenvalue weighted by Gasteiger charge is -2.09. The van der Waals surface area contributed by atoms with Gasteiger partial charge in [-0.3, -0.25) is 0 Å². The molecule has 2 nitrogen and oxygen atoms in total. The molecule has 0 spiro atoms. The van der Waals surface area contributed by atoms with Gasteiger partial charge in [-0.2, -0.15) is 0 Å². The summed E-state index contributed by atoms with van der Waals surface area (Å²) in [6.45, 7) is 2.00. The maximum Gasteiger partial charge on any atom is 0.119 e. The zero-order valence-corrected chi connectivity index (χ0v) is 13.2. The molecule has 3 rings (SSSR count). The third-order valence-corrected chi connectivity index (χ3v) is 4.48. The van der Waals surface area contributed by atoms with Crippen molar-refractivity contribution in [2.45, 2.75) is 38.1 Å². The molecule has 22 heavy (non-hydrogen) atoms. The first-order chi connectivity index (χ1) is 10.9. The van der Waals surface area contributed by atoms with Crippen LogP contribution in [0.4, 0.5) is 0 Å². The highest BCUT2D eigenvalue weighted by Crippen LogP contribution is 2.22. The van der Waals surface area contributed by atoms with Gasteiger partial charge < -0.3 is 10.1 Å². The van der Waals surface area contributed by atoms with E-state index in [0.29, 0.717) is 0 Å². The fourth-order valence-electron chi connectivity index (χ4n) is 3.19. The first kappa shape index (κ1) is 15.1. The topological polar surface area (TPSA) is 25.8 Å². The minimum atomic E-state index is 0.813. The van der Waals surface area contributed by atoms with Crippen LogP contribution < -0.4 is 10.1 Å². The van der Waals surface area contributed by atoms with E-state index in [0.717, 1.165) is 24.8 Å². The van der Waals surface area contributed by atoms with Crippen molar-refractivity contribution in [3.05, 3.63) is 54.6 Å². The van der Waals surface area contributed by atoms with Gasteiger partial charge in [0.15, 0.2) is 0 Å². The van der Waals surface area contributed by atoms with Gasteiger partial charge in [0.2, 0.25) is 0 Å². The molecule has 1 aliphatic carbocycles. The highest BCUT2D eigenvalue weighted by molar-refractivity contribution is 5.63. The van der Waals surface area contributed by atoms with Crippen LogP contribution in [0, 0.1) is 0 Å². The lowest BCUT2D eigenvalue weighted by molar-refractivity contribution is -0.688. The van der Waals surface area contributed by atoms with Crippen molar-refractivity contribution in [3.63, 3.8) is 0 Å². The van der Waals surface area contributed by atoms with E-state index in [2.05, 4.69) is 53.8 Å². The molecule has 1 saturated carbocycles. The minimum Gasteiger partial charge on any atom is -0.493 e.